The highest BCUT2D eigenvalue weighted by atomic mass is 16.8. The Hall–Kier alpha value is -3.03. The van der Waals surface area contributed by atoms with Crippen LogP contribution in [0, 0.1) is 0 Å². The Labute approximate surface area is 180 Å². The maximum Gasteiger partial charge on any atom is 0.348 e. The van der Waals surface area contributed by atoms with Crippen LogP contribution in [0.15, 0.2) is 47.5 Å². The highest BCUT2D eigenvalue weighted by Crippen LogP contribution is 2.39. The normalized spacial score (nSPS) is 25.5. The molecule has 166 valence electrons. The van der Waals surface area contributed by atoms with Crippen molar-refractivity contribution in [3.8, 4) is 0 Å². The molecule has 3 fully saturated rings. The fraction of sp³-hybridized carbons (Fsp3) is 0.522. The van der Waals surface area contributed by atoms with E-state index in [2.05, 4.69) is 0 Å². The van der Waals surface area contributed by atoms with Gasteiger partial charge < -0.3 is 24.1 Å². The first-order valence-electron chi connectivity index (χ1n) is 10.8. The van der Waals surface area contributed by atoms with Gasteiger partial charge in [-0.05, 0) is 37.8 Å². The van der Waals surface area contributed by atoms with E-state index in [1.165, 1.54) is 30.4 Å². The van der Waals surface area contributed by atoms with Crippen LogP contribution in [-0.2, 0) is 33.3 Å². The summed E-state index contributed by atoms with van der Waals surface area (Å²) in [6.45, 7) is 0. The molecule has 8 nitrogen and oxygen atoms in total. The van der Waals surface area contributed by atoms with E-state index in [1.54, 1.807) is 0 Å². The van der Waals surface area contributed by atoms with Crippen molar-refractivity contribution in [3.05, 3.63) is 47.5 Å². The number of aliphatic hydroxyl groups is 1. The molecule has 8 heteroatoms. The molecule has 2 saturated carbocycles. The third-order valence-electron chi connectivity index (χ3n) is 5.99. The molecule has 2 aliphatic heterocycles. The summed E-state index contributed by atoms with van der Waals surface area (Å²) in [6.07, 6.45) is 14.7. The standard InChI is InChI=1S/C23H26O8/c24-18-16(19(25)29-22(28-18)12-6-2-7-13-22)10-4-1-5-11-17-20(26)30-23(31-21(17)27)14-8-3-9-15-23/h1,4-5,10-11,24H,2-3,6-9,12-15H2/b5-1+,10-4+. The van der Waals surface area contributed by atoms with Gasteiger partial charge >= 0.3 is 17.9 Å². The first-order valence-corrected chi connectivity index (χ1v) is 10.8. The molecule has 4 rings (SSSR count). The zero-order chi connectivity index (χ0) is 21.9. The third-order valence-corrected chi connectivity index (χ3v) is 5.99. The molecule has 0 aromatic rings. The van der Waals surface area contributed by atoms with Crippen molar-refractivity contribution in [2.75, 3.05) is 0 Å². The Kier molecular flexibility index (Phi) is 5.89. The quantitative estimate of drug-likeness (QED) is 0.312. The van der Waals surface area contributed by atoms with Gasteiger partial charge in [-0.3, -0.25) is 0 Å². The topological polar surface area (TPSA) is 108 Å². The molecular weight excluding hydrogens is 404 g/mol. The lowest BCUT2D eigenvalue weighted by molar-refractivity contribution is -0.249. The molecule has 31 heavy (non-hydrogen) atoms. The zero-order valence-corrected chi connectivity index (χ0v) is 17.3. The van der Waals surface area contributed by atoms with Gasteiger partial charge in [0.15, 0.2) is 0 Å². The number of carbonyl (C=O) groups is 3. The number of rotatable bonds is 3. The molecule has 0 radical (unpaired) electrons. The zero-order valence-electron chi connectivity index (χ0n) is 17.3. The molecule has 1 N–H and O–H groups in total. The van der Waals surface area contributed by atoms with Gasteiger partial charge in [-0.2, -0.15) is 0 Å². The molecule has 2 spiro atoms. The van der Waals surface area contributed by atoms with Crippen molar-refractivity contribution in [3.63, 3.8) is 0 Å². The summed E-state index contributed by atoms with van der Waals surface area (Å²) in [5.74, 6) is -4.68. The van der Waals surface area contributed by atoms with Crippen LogP contribution < -0.4 is 0 Å². The highest BCUT2D eigenvalue weighted by molar-refractivity contribution is 6.15. The number of hydrogen-bond acceptors (Lipinski definition) is 8. The SMILES string of the molecule is O=C1OC2(CCCCC2)OC(=O)C1=C/C=C/C=C/C1=C(O)OC2(CCCCC2)OC1=O. The van der Waals surface area contributed by atoms with Gasteiger partial charge in [-0.15, -0.1) is 0 Å². The minimum Gasteiger partial charge on any atom is -0.480 e. The largest absolute Gasteiger partial charge is 0.480 e. The molecule has 0 aromatic carbocycles. The third kappa shape index (κ3) is 4.52. The summed E-state index contributed by atoms with van der Waals surface area (Å²) in [7, 11) is 0. The lowest BCUT2D eigenvalue weighted by Crippen LogP contribution is -2.47. The Morgan fingerprint density at radius 2 is 1.16 bits per heavy atom. The maximum atomic E-state index is 12.3. The minimum atomic E-state index is -1.12. The van der Waals surface area contributed by atoms with Crippen LogP contribution in [-0.4, -0.2) is 34.6 Å². The maximum absolute atomic E-state index is 12.3. The lowest BCUT2D eigenvalue weighted by Gasteiger charge is -2.38. The van der Waals surface area contributed by atoms with Crippen LogP contribution in [0.2, 0.25) is 0 Å². The Bertz CT molecular complexity index is 857. The second-order valence-corrected chi connectivity index (χ2v) is 8.26. The van der Waals surface area contributed by atoms with Crippen LogP contribution >= 0.6 is 0 Å². The van der Waals surface area contributed by atoms with Gasteiger partial charge in [0, 0.05) is 25.7 Å². The second-order valence-electron chi connectivity index (χ2n) is 8.26. The summed E-state index contributed by atoms with van der Waals surface area (Å²) in [4.78, 5) is 36.8. The van der Waals surface area contributed by atoms with Crippen molar-refractivity contribution in [1.82, 2.24) is 0 Å². The number of allylic oxidation sites excluding steroid dienone is 4. The van der Waals surface area contributed by atoms with Crippen LogP contribution in [0.3, 0.4) is 0 Å². The summed E-state index contributed by atoms with van der Waals surface area (Å²) in [5, 5.41) is 10.2. The van der Waals surface area contributed by atoms with Crippen LogP contribution in [0.4, 0.5) is 0 Å². The summed E-state index contributed by atoms with van der Waals surface area (Å²) < 4.78 is 21.8. The number of aliphatic hydroxyl groups excluding tert-OH is 1. The summed E-state index contributed by atoms with van der Waals surface area (Å²) in [5.41, 5.74) is -0.285. The first-order chi connectivity index (χ1) is 14.9. The smallest absolute Gasteiger partial charge is 0.348 e. The van der Waals surface area contributed by atoms with Gasteiger partial charge in [0.1, 0.15) is 11.1 Å². The van der Waals surface area contributed by atoms with Crippen molar-refractivity contribution < 1.29 is 38.4 Å². The van der Waals surface area contributed by atoms with E-state index >= 15 is 0 Å². The van der Waals surface area contributed by atoms with Crippen molar-refractivity contribution in [2.45, 2.75) is 75.8 Å². The van der Waals surface area contributed by atoms with E-state index in [0.717, 1.165) is 38.5 Å². The van der Waals surface area contributed by atoms with Gasteiger partial charge in [0.25, 0.3) is 17.5 Å². The van der Waals surface area contributed by atoms with Crippen LogP contribution in [0.1, 0.15) is 64.2 Å². The average molecular weight is 430 g/mol. The molecule has 4 aliphatic rings. The summed E-state index contributed by atoms with van der Waals surface area (Å²) >= 11 is 0. The highest BCUT2D eigenvalue weighted by Gasteiger charge is 2.46. The second kappa shape index (κ2) is 8.61. The van der Waals surface area contributed by atoms with E-state index < -0.39 is 35.4 Å². The molecule has 2 aliphatic carbocycles. The molecule has 0 unspecified atom stereocenters. The number of ether oxygens (including phenoxy) is 4. The fourth-order valence-electron chi connectivity index (χ4n) is 4.35. The van der Waals surface area contributed by atoms with Crippen molar-refractivity contribution in [1.29, 1.82) is 0 Å². The van der Waals surface area contributed by atoms with E-state index in [9.17, 15) is 19.5 Å². The first kappa shape index (κ1) is 21.2. The Balaban J connectivity index is 1.39. The molecular formula is C23H26O8. The monoisotopic (exact) mass is 430 g/mol. The minimum absolute atomic E-state index is 0.0933. The van der Waals surface area contributed by atoms with E-state index in [4.69, 9.17) is 18.9 Å². The predicted molar refractivity (Wildman–Crippen MR) is 107 cm³/mol. The van der Waals surface area contributed by atoms with E-state index in [-0.39, 0.29) is 11.1 Å². The lowest BCUT2D eigenvalue weighted by atomic mass is 9.93. The molecule has 1 saturated heterocycles. The Morgan fingerprint density at radius 1 is 0.645 bits per heavy atom. The van der Waals surface area contributed by atoms with Crippen LogP contribution in [0.25, 0.3) is 0 Å². The molecule has 0 bridgehead atoms. The average Bonchev–Trinajstić information content (AvgIpc) is 2.72. The molecule has 0 amide bonds. The van der Waals surface area contributed by atoms with Crippen molar-refractivity contribution >= 4 is 17.9 Å². The van der Waals surface area contributed by atoms with Gasteiger partial charge in [-0.25, -0.2) is 14.4 Å². The fourth-order valence-corrected chi connectivity index (χ4v) is 4.35. The predicted octanol–water partition coefficient (Wildman–Crippen LogP) is 3.79. The summed E-state index contributed by atoms with van der Waals surface area (Å²) in [6, 6.07) is 0. The van der Waals surface area contributed by atoms with Gasteiger partial charge in [0.05, 0.1) is 0 Å². The Morgan fingerprint density at radius 3 is 1.71 bits per heavy atom. The molecule has 0 atom stereocenters. The van der Waals surface area contributed by atoms with E-state index in [1.807, 2.05) is 0 Å². The van der Waals surface area contributed by atoms with Crippen molar-refractivity contribution in [2.24, 2.45) is 0 Å². The van der Waals surface area contributed by atoms with Gasteiger partial charge in [0.2, 0.25) is 0 Å². The number of esters is 3. The van der Waals surface area contributed by atoms with Crippen LogP contribution in [0.5, 0.6) is 0 Å². The van der Waals surface area contributed by atoms with E-state index in [0.29, 0.717) is 25.7 Å². The number of hydrogen-bond donors (Lipinski definition) is 1. The number of carbonyl (C=O) groups excluding carboxylic acids is 3. The molecule has 2 heterocycles. The molecule has 0 aromatic heterocycles. The van der Waals surface area contributed by atoms with Gasteiger partial charge in [-0.1, -0.05) is 31.1 Å².